The van der Waals surface area contributed by atoms with Crippen LogP contribution in [0.5, 0.6) is 0 Å². The van der Waals surface area contributed by atoms with E-state index in [4.69, 9.17) is 0 Å². The van der Waals surface area contributed by atoms with E-state index in [9.17, 15) is 8.78 Å². The molecule has 0 bridgehead atoms. The molecule has 0 aromatic rings. The molecule has 0 aliphatic heterocycles. The fourth-order valence-corrected chi connectivity index (χ4v) is 0.179. The Kier molecular flexibility index (Phi) is 2.11. The second kappa shape index (κ2) is 2.18. The standard InChI is InChI=1S/C3H8F2N2/c1-3(4,5)2-7-6/h7H,2,6H2,1H3. The minimum atomic E-state index is -2.69. The van der Waals surface area contributed by atoms with Crippen LogP contribution in [0.25, 0.3) is 0 Å². The number of hydrogen-bond acceptors (Lipinski definition) is 2. The molecule has 0 atom stereocenters. The van der Waals surface area contributed by atoms with Crippen LogP contribution in [-0.2, 0) is 0 Å². The smallest absolute Gasteiger partial charge is 0.258 e. The first-order chi connectivity index (χ1) is 3.06. The SMILES string of the molecule is CC(F)(F)CNN. The van der Waals surface area contributed by atoms with Gasteiger partial charge in [0.05, 0.1) is 6.54 Å². The molecular formula is C3H8F2N2. The van der Waals surface area contributed by atoms with E-state index in [1.54, 1.807) is 0 Å². The van der Waals surface area contributed by atoms with Gasteiger partial charge in [-0.05, 0) is 0 Å². The molecule has 0 saturated heterocycles. The zero-order valence-corrected chi connectivity index (χ0v) is 4.04. The summed E-state index contributed by atoms with van der Waals surface area (Å²) in [5.74, 6) is 1.90. The molecule has 0 aliphatic rings. The highest BCUT2D eigenvalue weighted by atomic mass is 19.3. The molecule has 0 radical (unpaired) electrons. The molecule has 0 aliphatic carbocycles. The Morgan fingerprint density at radius 1 is 1.71 bits per heavy atom. The maximum atomic E-state index is 11.6. The summed E-state index contributed by atoms with van der Waals surface area (Å²) in [6.07, 6.45) is 0. The van der Waals surface area contributed by atoms with Gasteiger partial charge in [-0.1, -0.05) is 0 Å². The van der Waals surface area contributed by atoms with Crippen molar-refractivity contribution < 1.29 is 8.78 Å². The quantitative estimate of drug-likeness (QED) is 0.391. The predicted octanol–water partition coefficient (Wildman–Crippen LogP) is 0.105. The lowest BCUT2D eigenvalue weighted by molar-refractivity contribution is 0.0229. The third-order valence-corrected chi connectivity index (χ3v) is 0.412. The van der Waals surface area contributed by atoms with Gasteiger partial charge in [0.15, 0.2) is 0 Å². The molecule has 0 aromatic heterocycles. The second-order valence-electron chi connectivity index (χ2n) is 1.45. The molecule has 0 saturated carbocycles. The fraction of sp³-hybridized carbons (Fsp3) is 1.00. The molecule has 0 amide bonds. The summed E-state index contributed by atoms with van der Waals surface area (Å²) >= 11 is 0. The van der Waals surface area contributed by atoms with Crippen LogP contribution in [0.4, 0.5) is 8.78 Å². The van der Waals surface area contributed by atoms with Crippen molar-refractivity contribution in [2.45, 2.75) is 12.8 Å². The van der Waals surface area contributed by atoms with Gasteiger partial charge >= 0.3 is 0 Å². The number of hydrazine groups is 1. The van der Waals surface area contributed by atoms with Gasteiger partial charge in [-0.3, -0.25) is 11.3 Å². The molecule has 4 heteroatoms. The Morgan fingerprint density at radius 2 is 2.14 bits per heavy atom. The molecule has 0 heterocycles. The minimum absolute atomic E-state index is 0.465. The summed E-state index contributed by atoms with van der Waals surface area (Å²) in [7, 11) is 0. The van der Waals surface area contributed by atoms with E-state index >= 15 is 0 Å². The van der Waals surface area contributed by atoms with Crippen LogP contribution in [0, 0.1) is 0 Å². The number of alkyl halides is 2. The van der Waals surface area contributed by atoms with Crippen molar-refractivity contribution >= 4 is 0 Å². The highest BCUT2D eigenvalue weighted by Gasteiger charge is 2.18. The highest BCUT2D eigenvalue weighted by Crippen LogP contribution is 2.07. The third kappa shape index (κ3) is 5.78. The van der Waals surface area contributed by atoms with Gasteiger partial charge in [-0.25, -0.2) is 8.78 Å². The van der Waals surface area contributed by atoms with E-state index in [0.29, 0.717) is 0 Å². The fourth-order valence-electron chi connectivity index (χ4n) is 0.179. The van der Waals surface area contributed by atoms with Crippen LogP contribution < -0.4 is 11.3 Å². The monoisotopic (exact) mass is 110 g/mol. The van der Waals surface area contributed by atoms with Crippen LogP contribution in [0.15, 0.2) is 0 Å². The lowest BCUT2D eigenvalue weighted by Gasteiger charge is -2.06. The Hall–Kier alpha value is -0.220. The van der Waals surface area contributed by atoms with Gasteiger partial charge in [0.2, 0.25) is 0 Å². The predicted molar refractivity (Wildman–Crippen MR) is 22.8 cm³/mol. The van der Waals surface area contributed by atoms with Gasteiger partial charge in [0, 0.05) is 6.92 Å². The van der Waals surface area contributed by atoms with E-state index in [1.165, 1.54) is 0 Å². The van der Waals surface area contributed by atoms with E-state index in [2.05, 4.69) is 5.84 Å². The van der Waals surface area contributed by atoms with Crippen molar-refractivity contribution in [2.75, 3.05) is 6.54 Å². The Labute approximate surface area is 40.7 Å². The van der Waals surface area contributed by atoms with E-state index in [1.807, 2.05) is 5.43 Å². The van der Waals surface area contributed by atoms with E-state index in [-0.39, 0.29) is 0 Å². The summed E-state index contributed by atoms with van der Waals surface area (Å²) in [5, 5.41) is 0. The van der Waals surface area contributed by atoms with Gasteiger partial charge in [-0.2, -0.15) is 0 Å². The zero-order valence-electron chi connectivity index (χ0n) is 4.04. The largest absolute Gasteiger partial charge is 0.271 e. The molecular weight excluding hydrogens is 102 g/mol. The molecule has 0 rings (SSSR count). The Bertz CT molecular complexity index is 49.4. The lowest BCUT2D eigenvalue weighted by Crippen LogP contribution is -2.34. The molecule has 0 unspecified atom stereocenters. The number of nitrogens with two attached hydrogens (primary N) is 1. The molecule has 0 fully saturated rings. The first-order valence-corrected chi connectivity index (χ1v) is 1.87. The summed E-state index contributed by atoms with van der Waals surface area (Å²) < 4.78 is 23.2. The number of hydrogen-bond donors (Lipinski definition) is 2. The van der Waals surface area contributed by atoms with Gasteiger partial charge in [0.25, 0.3) is 5.92 Å². The van der Waals surface area contributed by atoms with E-state index < -0.39 is 12.5 Å². The van der Waals surface area contributed by atoms with Crippen molar-refractivity contribution in [3.63, 3.8) is 0 Å². The van der Waals surface area contributed by atoms with Crippen molar-refractivity contribution in [3.05, 3.63) is 0 Å². The normalized spacial score (nSPS) is 12.0. The number of nitrogens with one attached hydrogen (secondary N) is 1. The van der Waals surface area contributed by atoms with Crippen LogP contribution in [0.3, 0.4) is 0 Å². The minimum Gasteiger partial charge on any atom is -0.271 e. The molecule has 0 aromatic carbocycles. The molecule has 44 valence electrons. The van der Waals surface area contributed by atoms with Gasteiger partial charge in [-0.15, -0.1) is 0 Å². The second-order valence-corrected chi connectivity index (χ2v) is 1.45. The van der Waals surface area contributed by atoms with Crippen molar-refractivity contribution in [1.82, 2.24) is 5.43 Å². The first kappa shape index (κ1) is 6.78. The summed E-state index contributed by atoms with van der Waals surface area (Å²) in [6.45, 7) is 0.333. The zero-order chi connectivity index (χ0) is 5.91. The number of halogens is 2. The van der Waals surface area contributed by atoms with Crippen LogP contribution in [-0.4, -0.2) is 12.5 Å². The summed E-state index contributed by atoms with van der Waals surface area (Å²) in [6, 6.07) is 0. The number of rotatable bonds is 2. The molecule has 3 N–H and O–H groups in total. The van der Waals surface area contributed by atoms with Gasteiger partial charge < -0.3 is 0 Å². The average molecular weight is 110 g/mol. The van der Waals surface area contributed by atoms with Crippen molar-refractivity contribution in [1.29, 1.82) is 0 Å². The van der Waals surface area contributed by atoms with Crippen LogP contribution >= 0.6 is 0 Å². The van der Waals surface area contributed by atoms with Crippen molar-refractivity contribution in [2.24, 2.45) is 5.84 Å². The average Bonchev–Trinajstić information content (AvgIpc) is 1.30. The summed E-state index contributed by atoms with van der Waals surface area (Å²) in [4.78, 5) is 0. The molecule has 0 spiro atoms. The Balaban J connectivity index is 3.15. The van der Waals surface area contributed by atoms with Crippen molar-refractivity contribution in [3.8, 4) is 0 Å². The lowest BCUT2D eigenvalue weighted by atomic mass is 10.4. The van der Waals surface area contributed by atoms with Crippen LogP contribution in [0.1, 0.15) is 6.92 Å². The highest BCUT2D eigenvalue weighted by molar-refractivity contribution is 4.57. The first-order valence-electron chi connectivity index (χ1n) is 1.87. The van der Waals surface area contributed by atoms with Gasteiger partial charge in [0.1, 0.15) is 0 Å². The molecule has 7 heavy (non-hydrogen) atoms. The van der Waals surface area contributed by atoms with Crippen LogP contribution in [0.2, 0.25) is 0 Å². The third-order valence-electron chi connectivity index (χ3n) is 0.412. The van der Waals surface area contributed by atoms with E-state index in [0.717, 1.165) is 6.92 Å². The molecule has 2 nitrogen and oxygen atoms in total. The summed E-state index contributed by atoms with van der Waals surface area (Å²) in [5.41, 5.74) is 1.86. The Morgan fingerprint density at radius 3 is 2.14 bits per heavy atom. The topological polar surface area (TPSA) is 38.0 Å². The maximum absolute atomic E-state index is 11.6. The maximum Gasteiger partial charge on any atom is 0.258 e.